The first-order chi connectivity index (χ1) is 20.1. The number of nitrogens with zero attached hydrogens (tertiary/aromatic N) is 1. The Morgan fingerprint density at radius 3 is 2.12 bits per heavy atom. The minimum Gasteiger partial charge on any atom is -0.460 e. The van der Waals surface area contributed by atoms with Crippen molar-refractivity contribution in [2.75, 3.05) is 40.8 Å². The number of nitrogens with one attached hydrogen (secondary N) is 1. The van der Waals surface area contributed by atoms with Gasteiger partial charge in [0, 0.05) is 25.8 Å². The summed E-state index contributed by atoms with van der Waals surface area (Å²) >= 11 is 0. The molecule has 2 atom stereocenters. The van der Waals surface area contributed by atoms with Crippen LogP contribution >= 0.6 is 0 Å². The fourth-order valence-electron chi connectivity index (χ4n) is 4.49. The lowest BCUT2D eigenvalue weighted by atomic mass is 10.0. The van der Waals surface area contributed by atoms with Crippen molar-refractivity contribution in [1.82, 2.24) is 5.32 Å². The third-order valence-electron chi connectivity index (χ3n) is 7.26. The fraction of sp³-hybridized carbons (Fsp3) is 0.853. The topological polar surface area (TPSA) is 102 Å². The summed E-state index contributed by atoms with van der Waals surface area (Å²) in [6.07, 6.45) is 19.3. The van der Waals surface area contributed by atoms with E-state index in [0.717, 1.165) is 81.8 Å². The molecule has 1 amide bonds. The Bertz CT molecular complexity index is 719. The monoisotopic (exact) mass is 597 g/mol. The predicted molar refractivity (Wildman–Crippen MR) is 171 cm³/mol. The van der Waals surface area contributed by atoms with Crippen molar-refractivity contribution in [3.63, 3.8) is 0 Å². The van der Waals surface area contributed by atoms with Gasteiger partial charge in [-0.25, -0.2) is 0 Å². The number of rotatable bonds is 28. The standard InChI is InChI=1S/C34H64N2O6/c1-6-8-10-20-27-35-32(38)24-19-16-14-12-11-13-15-18-22-30(37)31(23-17-9-7-2)42-34(40)26-21-25-33(39)41-29-28-36(3,4)5/h15,18,30-31,37H,6-14,16-17,19-29H2,1-5H3/p+1. The zero-order valence-corrected chi connectivity index (χ0v) is 27.8. The summed E-state index contributed by atoms with van der Waals surface area (Å²) < 4.78 is 11.6. The molecule has 0 heterocycles. The van der Waals surface area contributed by atoms with Crippen LogP contribution in [-0.2, 0) is 23.9 Å². The molecule has 0 aromatic rings. The molecule has 0 saturated carbocycles. The Morgan fingerprint density at radius 1 is 0.762 bits per heavy atom. The fourth-order valence-corrected chi connectivity index (χ4v) is 4.49. The Balaban J connectivity index is 4.13. The van der Waals surface area contributed by atoms with Crippen molar-refractivity contribution in [2.45, 2.75) is 148 Å². The molecule has 0 aliphatic rings. The molecule has 42 heavy (non-hydrogen) atoms. The molecule has 0 aliphatic heterocycles. The van der Waals surface area contributed by atoms with Gasteiger partial charge < -0.3 is 24.4 Å². The van der Waals surface area contributed by atoms with E-state index in [1.165, 1.54) is 19.3 Å². The lowest BCUT2D eigenvalue weighted by Gasteiger charge is -2.23. The number of quaternary nitrogens is 1. The van der Waals surface area contributed by atoms with Gasteiger partial charge in [0.1, 0.15) is 19.3 Å². The average Bonchev–Trinajstić information content (AvgIpc) is 2.92. The molecule has 2 unspecified atom stereocenters. The largest absolute Gasteiger partial charge is 0.460 e. The van der Waals surface area contributed by atoms with E-state index in [1.807, 2.05) is 27.2 Å². The second kappa shape index (κ2) is 26.7. The molecular weight excluding hydrogens is 532 g/mol. The molecule has 0 saturated heterocycles. The van der Waals surface area contributed by atoms with E-state index in [-0.39, 0.29) is 30.7 Å². The third-order valence-corrected chi connectivity index (χ3v) is 7.26. The number of carbonyl (C=O) groups is 3. The van der Waals surface area contributed by atoms with Crippen molar-refractivity contribution >= 4 is 17.8 Å². The number of hydrogen-bond acceptors (Lipinski definition) is 6. The zero-order valence-electron chi connectivity index (χ0n) is 27.8. The van der Waals surface area contributed by atoms with E-state index < -0.39 is 12.2 Å². The number of aliphatic hydroxyl groups excluding tert-OH is 1. The Labute approximate surface area is 257 Å². The molecule has 0 rings (SSSR count). The Hall–Kier alpha value is -1.93. The van der Waals surface area contributed by atoms with Crippen LogP contribution < -0.4 is 5.32 Å². The molecule has 2 N–H and O–H groups in total. The van der Waals surface area contributed by atoms with E-state index in [4.69, 9.17) is 9.47 Å². The van der Waals surface area contributed by atoms with E-state index in [2.05, 4.69) is 25.2 Å². The molecule has 8 nitrogen and oxygen atoms in total. The molecule has 0 bridgehead atoms. The van der Waals surface area contributed by atoms with Crippen LogP contribution in [0.2, 0.25) is 0 Å². The molecule has 8 heteroatoms. The molecule has 0 aliphatic carbocycles. The molecule has 0 fully saturated rings. The van der Waals surface area contributed by atoms with Gasteiger partial charge in [-0.2, -0.15) is 0 Å². The van der Waals surface area contributed by atoms with Gasteiger partial charge in [0.2, 0.25) is 5.91 Å². The first-order valence-electron chi connectivity index (χ1n) is 16.8. The second-order valence-electron chi connectivity index (χ2n) is 12.6. The number of carbonyl (C=O) groups excluding carboxylic acids is 3. The summed E-state index contributed by atoms with van der Waals surface area (Å²) in [5.41, 5.74) is 0. The summed E-state index contributed by atoms with van der Waals surface area (Å²) in [5, 5.41) is 13.8. The molecule has 246 valence electrons. The maximum atomic E-state index is 12.4. The summed E-state index contributed by atoms with van der Waals surface area (Å²) in [6.45, 7) is 6.21. The zero-order chi connectivity index (χ0) is 31.5. The number of allylic oxidation sites excluding steroid dienone is 1. The van der Waals surface area contributed by atoms with E-state index in [9.17, 15) is 19.5 Å². The maximum absolute atomic E-state index is 12.4. The highest BCUT2D eigenvalue weighted by molar-refractivity contribution is 5.75. The first kappa shape index (κ1) is 40.1. The lowest BCUT2D eigenvalue weighted by Crippen LogP contribution is -2.38. The van der Waals surface area contributed by atoms with Crippen LogP contribution in [0.25, 0.3) is 0 Å². The number of amides is 1. The predicted octanol–water partition coefficient (Wildman–Crippen LogP) is 6.63. The van der Waals surface area contributed by atoms with Crippen LogP contribution in [0.1, 0.15) is 136 Å². The third kappa shape index (κ3) is 26.9. The van der Waals surface area contributed by atoms with Gasteiger partial charge in [0.25, 0.3) is 0 Å². The quantitative estimate of drug-likeness (QED) is 0.0454. The molecular formula is C34H65N2O6+. The van der Waals surface area contributed by atoms with Crippen molar-refractivity contribution in [3.8, 4) is 0 Å². The summed E-state index contributed by atoms with van der Waals surface area (Å²) in [4.78, 5) is 36.2. The number of esters is 2. The van der Waals surface area contributed by atoms with Crippen LogP contribution in [0, 0.1) is 0 Å². The second-order valence-corrected chi connectivity index (χ2v) is 12.6. The number of ether oxygens (including phenoxy) is 2. The summed E-state index contributed by atoms with van der Waals surface area (Å²) in [5.74, 6) is -0.488. The lowest BCUT2D eigenvalue weighted by molar-refractivity contribution is -0.870. The molecule has 0 spiro atoms. The Morgan fingerprint density at radius 2 is 1.40 bits per heavy atom. The number of likely N-dealkylation sites (N-methyl/N-ethyl adjacent to an activating group) is 1. The smallest absolute Gasteiger partial charge is 0.306 e. The normalized spacial score (nSPS) is 13.2. The van der Waals surface area contributed by atoms with Gasteiger partial charge in [-0.15, -0.1) is 0 Å². The van der Waals surface area contributed by atoms with E-state index in [0.29, 0.717) is 32.3 Å². The van der Waals surface area contributed by atoms with Crippen LogP contribution in [0.15, 0.2) is 12.2 Å². The molecule has 0 radical (unpaired) electrons. The van der Waals surface area contributed by atoms with Gasteiger partial charge in [0.05, 0.1) is 27.2 Å². The average molecular weight is 598 g/mol. The van der Waals surface area contributed by atoms with E-state index in [1.54, 1.807) is 0 Å². The minimum atomic E-state index is -0.736. The summed E-state index contributed by atoms with van der Waals surface area (Å²) in [6, 6.07) is 0. The molecule has 0 aromatic heterocycles. The van der Waals surface area contributed by atoms with Crippen molar-refractivity contribution in [1.29, 1.82) is 0 Å². The summed E-state index contributed by atoms with van der Waals surface area (Å²) in [7, 11) is 6.11. The van der Waals surface area contributed by atoms with Crippen molar-refractivity contribution in [3.05, 3.63) is 12.2 Å². The minimum absolute atomic E-state index is 0.140. The highest BCUT2D eigenvalue weighted by atomic mass is 16.6. The van der Waals surface area contributed by atoms with Crippen LogP contribution in [0.3, 0.4) is 0 Å². The van der Waals surface area contributed by atoms with Gasteiger partial charge in [-0.3, -0.25) is 14.4 Å². The number of aliphatic hydroxyl groups is 1. The van der Waals surface area contributed by atoms with Gasteiger partial charge in [-0.05, 0) is 51.4 Å². The highest BCUT2D eigenvalue weighted by Crippen LogP contribution is 2.16. The first-order valence-corrected chi connectivity index (χ1v) is 16.8. The van der Waals surface area contributed by atoms with E-state index >= 15 is 0 Å². The highest BCUT2D eigenvalue weighted by Gasteiger charge is 2.22. The van der Waals surface area contributed by atoms with Crippen LogP contribution in [-0.4, -0.2) is 80.5 Å². The molecule has 0 aromatic carbocycles. The van der Waals surface area contributed by atoms with Gasteiger partial charge in [0.15, 0.2) is 0 Å². The number of hydrogen-bond donors (Lipinski definition) is 2. The van der Waals surface area contributed by atoms with Crippen molar-refractivity contribution in [2.24, 2.45) is 0 Å². The Kier molecular flexibility index (Phi) is 25.5. The van der Waals surface area contributed by atoms with Crippen molar-refractivity contribution < 1.29 is 33.4 Å². The maximum Gasteiger partial charge on any atom is 0.306 e. The van der Waals surface area contributed by atoms with Crippen LogP contribution in [0.4, 0.5) is 0 Å². The van der Waals surface area contributed by atoms with Gasteiger partial charge in [-0.1, -0.05) is 77.4 Å². The van der Waals surface area contributed by atoms with Gasteiger partial charge >= 0.3 is 11.9 Å². The van der Waals surface area contributed by atoms with Crippen LogP contribution in [0.5, 0.6) is 0 Å². The number of unbranched alkanes of at least 4 members (excludes halogenated alkanes) is 10. The SMILES string of the molecule is CCCCCCNC(=O)CCCCCCCC=CCC(O)C(CCCCC)OC(=O)CCCC(=O)OCC[N+](C)(C)C.